The summed E-state index contributed by atoms with van der Waals surface area (Å²) in [5, 5.41) is 12.3. The number of rotatable bonds is 3. The Bertz CT molecular complexity index is 462. The normalized spacial score (nSPS) is 24.6. The van der Waals surface area contributed by atoms with E-state index in [1.807, 2.05) is 12.1 Å². The van der Waals surface area contributed by atoms with Gasteiger partial charge in [-0.15, -0.1) is 0 Å². The molecule has 0 spiro atoms. The molecule has 0 amide bonds. The van der Waals surface area contributed by atoms with Gasteiger partial charge < -0.3 is 5.32 Å². The summed E-state index contributed by atoms with van der Waals surface area (Å²) >= 11 is 0. The molecule has 1 unspecified atom stereocenters. The van der Waals surface area contributed by atoms with E-state index in [1.165, 1.54) is 31.6 Å². The van der Waals surface area contributed by atoms with Gasteiger partial charge in [-0.1, -0.05) is 12.1 Å². The highest BCUT2D eigenvalue weighted by Crippen LogP contribution is 2.14. The van der Waals surface area contributed by atoms with Crippen molar-refractivity contribution in [2.75, 3.05) is 39.3 Å². The second-order valence-electron chi connectivity index (χ2n) is 5.77. The van der Waals surface area contributed by atoms with Gasteiger partial charge in [0.15, 0.2) is 0 Å². The summed E-state index contributed by atoms with van der Waals surface area (Å²) in [6, 6.07) is 10.9. The molecule has 106 valence electrons. The lowest BCUT2D eigenvalue weighted by molar-refractivity contribution is 0.0981. The highest BCUT2D eigenvalue weighted by Gasteiger charge is 2.25. The Balaban J connectivity index is 1.49. The van der Waals surface area contributed by atoms with Gasteiger partial charge in [0.2, 0.25) is 0 Å². The fraction of sp³-hybridized carbons (Fsp3) is 0.562. The van der Waals surface area contributed by atoms with Crippen molar-refractivity contribution in [2.45, 2.75) is 19.0 Å². The molecule has 4 nitrogen and oxygen atoms in total. The summed E-state index contributed by atoms with van der Waals surface area (Å²) in [6.07, 6.45) is 1.30. The molecule has 0 saturated carbocycles. The topological polar surface area (TPSA) is 42.3 Å². The molecule has 20 heavy (non-hydrogen) atoms. The molecule has 4 heteroatoms. The van der Waals surface area contributed by atoms with Crippen molar-refractivity contribution in [3.63, 3.8) is 0 Å². The largest absolute Gasteiger partial charge is 0.315 e. The Labute approximate surface area is 121 Å². The fourth-order valence-corrected chi connectivity index (χ4v) is 3.18. The molecule has 2 fully saturated rings. The smallest absolute Gasteiger partial charge is 0.0991 e. The molecule has 0 bridgehead atoms. The summed E-state index contributed by atoms with van der Waals surface area (Å²) in [6.45, 7) is 8.01. The molecule has 1 aromatic rings. The standard InChI is InChI=1S/C16H22N4/c17-11-14-1-3-15(4-2-14)13-19-7-9-20(10-8-19)16-5-6-18-12-16/h1-4,16,18H,5-10,12-13H2. The second kappa shape index (κ2) is 6.36. The second-order valence-corrected chi connectivity index (χ2v) is 5.77. The molecular weight excluding hydrogens is 248 g/mol. The zero-order valence-electron chi connectivity index (χ0n) is 11.9. The highest BCUT2D eigenvalue weighted by atomic mass is 15.3. The Hall–Kier alpha value is -1.41. The highest BCUT2D eigenvalue weighted by molar-refractivity contribution is 5.31. The summed E-state index contributed by atoms with van der Waals surface area (Å²) in [7, 11) is 0. The minimum absolute atomic E-state index is 0.743. The Kier molecular flexibility index (Phi) is 4.31. The molecular formula is C16H22N4. The first kappa shape index (κ1) is 13.6. The molecule has 0 radical (unpaired) electrons. The van der Waals surface area contributed by atoms with E-state index in [0.29, 0.717) is 0 Å². The molecule has 1 N–H and O–H groups in total. The van der Waals surface area contributed by atoms with E-state index in [4.69, 9.17) is 5.26 Å². The molecule has 1 aromatic carbocycles. The van der Waals surface area contributed by atoms with Crippen LogP contribution in [0.4, 0.5) is 0 Å². The number of nitriles is 1. The minimum atomic E-state index is 0.743. The maximum atomic E-state index is 8.81. The van der Waals surface area contributed by atoms with Crippen LogP contribution >= 0.6 is 0 Å². The number of hydrogen-bond acceptors (Lipinski definition) is 4. The molecule has 0 aromatic heterocycles. The van der Waals surface area contributed by atoms with Crippen molar-refractivity contribution < 1.29 is 0 Å². The number of benzene rings is 1. The van der Waals surface area contributed by atoms with Crippen LogP contribution in [0.3, 0.4) is 0 Å². The third-order valence-corrected chi connectivity index (χ3v) is 4.45. The third kappa shape index (κ3) is 3.18. The van der Waals surface area contributed by atoms with E-state index in [1.54, 1.807) is 0 Å². The SMILES string of the molecule is N#Cc1ccc(CN2CCN(C3CCNC3)CC2)cc1. The van der Waals surface area contributed by atoms with Crippen LogP contribution in [-0.2, 0) is 6.54 Å². The van der Waals surface area contributed by atoms with E-state index < -0.39 is 0 Å². The number of nitrogens with zero attached hydrogens (tertiary/aromatic N) is 3. The predicted octanol–water partition coefficient (Wildman–Crippen LogP) is 1.04. The van der Waals surface area contributed by atoms with Crippen molar-refractivity contribution in [1.29, 1.82) is 5.26 Å². The lowest BCUT2D eigenvalue weighted by Gasteiger charge is -2.37. The molecule has 2 aliphatic heterocycles. The molecule has 2 saturated heterocycles. The van der Waals surface area contributed by atoms with E-state index >= 15 is 0 Å². The molecule has 2 heterocycles. The number of piperazine rings is 1. The van der Waals surface area contributed by atoms with Gasteiger partial charge in [-0.2, -0.15) is 5.26 Å². The molecule has 2 aliphatic rings. The monoisotopic (exact) mass is 270 g/mol. The van der Waals surface area contributed by atoms with E-state index in [2.05, 4.69) is 33.3 Å². The zero-order valence-corrected chi connectivity index (χ0v) is 11.9. The van der Waals surface area contributed by atoms with Crippen LogP contribution in [0.1, 0.15) is 17.5 Å². The van der Waals surface area contributed by atoms with Crippen molar-refractivity contribution in [1.82, 2.24) is 15.1 Å². The van der Waals surface area contributed by atoms with Crippen LogP contribution in [0, 0.1) is 11.3 Å². The van der Waals surface area contributed by atoms with E-state index in [0.717, 1.165) is 37.8 Å². The van der Waals surface area contributed by atoms with Crippen LogP contribution in [0.2, 0.25) is 0 Å². The maximum absolute atomic E-state index is 8.81. The van der Waals surface area contributed by atoms with E-state index in [-0.39, 0.29) is 0 Å². The van der Waals surface area contributed by atoms with Crippen molar-refractivity contribution in [3.05, 3.63) is 35.4 Å². The predicted molar refractivity (Wildman–Crippen MR) is 79.3 cm³/mol. The Morgan fingerprint density at radius 2 is 1.90 bits per heavy atom. The fourth-order valence-electron chi connectivity index (χ4n) is 3.18. The summed E-state index contributed by atoms with van der Waals surface area (Å²) < 4.78 is 0. The van der Waals surface area contributed by atoms with Gasteiger partial charge in [0.25, 0.3) is 0 Å². The van der Waals surface area contributed by atoms with Crippen LogP contribution in [0.5, 0.6) is 0 Å². The van der Waals surface area contributed by atoms with Gasteiger partial charge >= 0.3 is 0 Å². The summed E-state index contributed by atoms with van der Waals surface area (Å²) in [4.78, 5) is 5.15. The van der Waals surface area contributed by atoms with E-state index in [9.17, 15) is 0 Å². The van der Waals surface area contributed by atoms with Gasteiger partial charge in [-0.25, -0.2) is 0 Å². The maximum Gasteiger partial charge on any atom is 0.0991 e. The first-order valence-corrected chi connectivity index (χ1v) is 7.51. The number of nitrogens with one attached hydrogen (secondary N) is 1. The summed E-state index contributed by atoms with van der Waals surface area (Å²) in [5.41, 5.74) is 2.05. The van der Waals surface area contributed by atoms with Gasteiger partial charge in [0, 0.05) is 45.3 Å². The first-order chi connectivity index (χ1) is 9.85. The molecule has 3 rings (SSSR count). The Morgan fingerprint density at radius 3 is 2.50 bits per heavy atom. The average molecular weight is 270 g/mol. The van der Waals surface area contributed by atoms with Gasteiger partial charge in [0.05, 0.1) is 11.6 Å². The summed E-state index contributed by atoms with van der Waals surface area (Å²) in [5.74, 6) is 0. The quantitative estimate of drug-likeness (QED) is 0.891. The van der Waals surface area contributed by atoms with Crippen LogP contribution in [-0.4, -0.2) is 55.1 Å². The molecule has 1 atom stereocenters. The van der Waals surface area contributed by atoms with Crippen LogP contribution in [0.25, 0.3) is 0 Å². The average Bonchev–Trinajstić information content (AvgIpc) is 3.03. The van der Waals surface area contributed by atoms with Crippen molar-refractivity contribution in [3.8, 4) is 6.07 Å². The van der Waals surface area contributed by atoms with Gasteiger partial charge in [0.1, 0.15) is 0 Å². The van der Waals surface area contributed by atoms with Crippen molar-refractivity contribution in [2.24, 2.45) is 0 Å². The number of hydrogen-bond donors (Lipinski definition) is 1. The lowest BCUT2D eigenvalue weighted by atomic mass is 10.1. The molecule has 0 aliphatic carbocycles. The van der Waals surface area contributed by atoms with Crippen LogP contribution < -0.4 is 5.32 Å². The zero-order chi connectivity index (χ0) is 13.8. The Morgan fingerprint density at radius 1 is 1.15 bits per heavy atom. The first-order valence-electron chi connectivity index (χ1n) is 7.51. The van der Waals surface area contributed by atoms with Crippen LogP contribution in [0.15, 0.2) is 24.3 Å². The van der Waals surface area contributed by atoms with Gasteiger partial charge in [-0.05, 0) is 30.7 Å². The van der Waals surface area contributed by atoms with Gasteiger partial charge in [-0.3, -0.25) is 9.80 Å². The third-order valence-electron chi connectivity index (χ3n) is 4.45. The van der Waals surface area contributed by atoms with Crippen molar-refractivity contribution >= 4 is 0 Å². The minimum Gasteiger partial charge on any atom is -0.315 e. The lowest BCUT2D eigenvalue weighted by Crippen LogP contribution is -2.50.